The molecule has 1 atom stereocenters. The SMILES string of the molecule is FC(Cl)C(F)(F)OC(Cl)Cl. The van der Waals surface area contributed by atoms with Crippen molar-refractivity contribution in [2.45, 2.75) is 16.8 Å². The molecule has 10 heavy (non-hydrogen) atoms. The van der Waals surface area contributed by atoms with Gasteiger partial charge in [0.05, 0.1) is 0 Å². The molecule has 0 rings (SSSR count). The van der Waals surface area contributed by atoms with Crippen molar-refractivity contribution >= 4 is 34.8 Å². The van der Waals surface area contributed by atoms with Gasteiger partial charge in [0.15, 0.2) is 0 Å². The van der Waals surface area contributed by atoms with Gasteiger partial charge in [-0.3, -0.25) is 4.74 Å². The van der Waals surface area contributed by atoms with E-state index in [4.69, 9.17) is 23.2 Å². The Bertz CT molecular complexity index is 107. The van der Waals surface area contributed by atoms with Gasteiger partial charge in [-0.05, 0) is 0 Å². The van der Waals surface area contributed by atoms with Gasteiger partial charge in [-0.15, -0.1) is 0 Å². The minimum Gasteiger partial charge on any atom is -0.283 e. The summed E-state index contributed by atoms with van der Waals surface area (Å²) in [4.78, 5) is 0. The van der Waals surface area contributed by atoms with E-state index >= 15 is 0 Å². The largest absolute Gasteiger partial charge is 0.403 e. The third-order valence-corrected chi connectivity index (χ3v) is 0.932. The van der Waals surface area contributed by atoms with Gasteiger partial charge < -0.3 is 0 Å². The van der Waals surface area contributed by atoms with Crippen LogP contribution in [0.3, 0.4) is 0 Å². The van der Waals surface area contributed by atoms with Gasteiger partial charge in [-0.2, -0.15) is 8.78 Å². The Balaban J connectivity index is 3.87. The summed E-state index contributed by atoms with van der Waals surface area (Å²) in [5.41, 5.74) is -2.95. The van der Waals surface area contributed by atoms with Crippen molar-refractivity contribution in [3.05, 3.63) is 0 Å². The second-order valence-corrected chi connectivity index (χ2v) is 2.64. The molecule has 0 aromatic carbocycles. The molecule has 0 aliphatic heterocycles. The summed E-state index contributed by atoms with van der Waals surface area (Å²) in [6.45, 7) is 0. The molecule has 0 saturated carbocycles. The Morgan fingerprint density at radius 1 is 1.20 bits per heavy atom. The Morgan fingerprint density at radius 3 is 1.70 bits per heavy atom. The first kappa shape index (κ1) is 10.6. The first-order valence-corrected chi connectivity index (χ1v) is 3.29. The normalized spacial score (nSPS) is 15.9. The molecule has 62 valence electrons. The quantitative estimate of drug-likeness (QED) is 0.661. The van der Waals surface area contributed by atoms with E-state index in [0.717, 1.165) is 0 Å². The smallest absolute Gasteiger partial charge is 0.283 e. The lowest BCUT2D eigenvalue weighted by molar-refractivity contribution is -0.253. The van der Waals surface area contributed by atoms with Crippen LogP contribution in [0.15, 0.2) is 0 Å². The van der Waals surface area contributed by atoms with E-state index < -0.39 is 16.8 Å². The highest BCUT2D eigenvalue weighted by atomic mass is 35.5. The van der Waals surface area contributed by atoms with E-state index in [1.54, 1.807) is 0 Å². The van der Waals surface area contributed by atoms with Crippen LogP contribution in [0, 0.1) is 0 Å². The fraction of sp³-hybridized carbons (Fsp3) is 1.00. The molecule has 0 aliphatic rings. The summed E-state index contributed by atoms with van der Waals surface area (Å²) >= 11 is 13.8. The van der Waals surface area contributed by atoms with E-state index in [-0.39, 0.29) is 0 Å². The number of ether oxygens (including phenoxy) is 1. The first-order chi connectivity index (χ1) is 4.36. The number of hydrogen-bond acceptors (Lipinski definition) is 1. The Kier molecular flexibility index (Phi) is 4.09. The molecular formula is C3H2Cl3F3O. The predicted molar refractivity (Wildman–Crippen MR) is 32.3 cm³/mol. The highest BCUT2D eigenvalue weighted by Gasteiger charge is 2.42. The summed E-state index contributed by atoms with van der Waals surface area (Å²) in [6.07, 6.45) is -4.14. The molecule has 0 N–H and O–H groups in total. The Morgan fingerprint density at radius 2 is 1.60 bits per heavy atom. The van der Waals surface area contributed by atoms with E-state index in [0.29, 0.717) is 0 Å². The van der Waals surface area contributed by atoms with E-state index in [1.807, 2.05) is 0 Å². The second-order valence-electron chi connectivity index (χ2n) is 1.24. The lowest BCUT2D eigenvalue weighted by Crippen LogP contribution is -2.30. The van der Waals surface area contributed by atoms with Gasteiger partial charge in [0.2, 0.25) is 5.02 Å². The summed E-state index contributed by atoms with van der Waals surface area (Å²) < 4.78 is 38.8. The van der Waals surface area contributed by atoms with Crippen molar-refractivity contribution in [3.63, 3.8) is 0 Å². The number of alkyl halides is 6. The highest BCUT2D eigenvalue weighted by Crippen LogP contribution is 2.29. The van der Waals surface area contributed by atoms with Gasteiger partial charge in [0, 0.05) is 0 Å². The molecule has 0 fully saturated rings. The van der Waals surface area contributed by atoms with Gasteiger partial charge in [0.1, 0.15) is 0 Å². The molecule has 7 heteroatoms. The summed E-state index contributed by atoms with van der Waals surface area (Å²) in [7, 11) is 0. The summed E-state index contributed by atoms with van der Waals surface area (Å²) in [6, 6.07) is 0. The van der Waals surface area contributed by atoms with Crippen LogP contribution in [-0.2, 0) is 4.74 Å². The maximum atomic E-state index is 11.9. The van der Waals surface area contributed by atoms with Crippen LogP contribution in [-0.4, -0.2) is 16.8 Å². The summed E-state index contributed by atoms with van der Waals surface area (Å²) in [5.74, 6) is 0. The number of halogens is 6. The lowest BCUT2D eigenvalue weighted by Gasteiger charge is -2.16. The first-order valence-electron chi connectivity index (χ1n) is 1.98. The minimum atomic E-state index is -4.14. The molecule has 0 heterocycles. The predicted octanol–water partition coefficient (Wildman–Crippen LogP) is 2.89. The van der Waals surface area contributed by atoms with Crippen LogP contribution in [0.4, 0.5) is 13.2 Å². The highest BCUT2D eigenvalue weighted by molar-refractivity contribution is 6.43. The van der Waals surface area contributed by atoms with Gasteiger partial charge in [0.25, 0.3) is 5.63 Å². The molecule has 1 unspecified atom stereocenters. The minimum absolute atomic E-state index is 1.80. The molecule has 1 nitrogen and oxygen atoms in total. The van der Waals surface area contributed by atoms with Crippen molar-refractivity contribution < 1.29 is 17.9 Å². The van der Waals surface area contributed by atoms with Crippen molar-refractivity contribution in [2.24, 2.45) is 0 Å². The molecule has 0 bridgehead atoms. The molecule has 0 amide bonds. The van der Waals surface area contributed by atoms with E-state index in [1.165, 1.54) is 0 Å². The van der Waals surface area contributed by atoms with E-state index in [9.17, 15) is 13.2 Å². The average molecular weight is 217 g/mol. The molecule has 0 aliphatic carbocycles. The Labute approximate surface area is 70.0 Å². The zero-order valence-corrected chi connectivity index (χ0v) is 6.60. The van der Waals surface area contributed by atoms with Gasteiger partial charge >= 0.3 is 6.11 Å². The third-order valence-electron chi connectivity index (χ3n) is 0.500. The number of rotatable bonds is 3. The van der Waals surface area contributed by atoms with Crippen molar-refractivity contribution in [2.75, 3.05) is 0 Å². The molecule has 0 radical (unpaired) electrons. The Hall–Kier alpha value is 0.620. The average Bonchev–Trinajstić information content (AvgIpc) is 1.60. The topological polar surface area (TPSA) is 9.23 Å². The van der Waals surface area contributed by atoms with Crippen molar-refractivity contribution in [1.82, 2.24) is 0 Å². The molecular weight excluding hydrogens is 215 g/mol. The van der Waals surface area contributed by atoms with Crippen LogP contribution < -0.4 is 0 Å². The van der Waals surface area contributed by atoms with Gasteiger partial charge in [-0.1, -0.05) is 34.8 Å². The molecule has 0 spiro atoms. The number of hydrogen-bond donors (Lipinski definition) is 0. The third kappa shape index (κ3) is 3.71. The van der Waals surface area contributed by atoms with Crippen LogP contribution >= 0.6 is 34.8 Å². The second kappa shape index (κ2) is 3.85. The maximum absolute atomic E-state index is 11.9. The zero-order valence-electron chi connectivity index (χ0n) is 4.33. The van der Waals surface area contributed by atoms with E-state index in [2.05, 4.69) is 16.3 Å². The summed E-state index contributed by atoms with van der Waals surface area (Å²) in [5, 5.41) is -1.80. The van der Waals surface area contributed by atoms with Crippen LogP contribution in [0.1, 0.15) is 0 Å². The fourth-order valence-electron chi connectivity index (χ4n) is 0.170. The fourth-order valence-corrected chi connectivity index (χ4v) is 0.459. The maximum Gasteiger partial charge on any atom is 0.403 e. The molecule has 0 aromatic heterocycles. The molecule has 0 aromatic rings. The molecule has 0 saturated heterocycles. The monoisotopic (exact) mass is 216 g/mol. The lowest BCUT2D eigenvalue weighted by atomic mass is 10.7. The van der Waals surface area contributed by atoms with Crippen LogP contribution in [0.5, 0.6) is 0 Å². The zero-order chi connectivity index (χ0) is 8.36. The van der Waals surface area contributed by atoms with Crippen LogP contribution in [0.25, 0.3) is 0 Å². The van der Waals surface area contributed by atoms with Crippen LogP contribution in [0.2, 0.25) is 0 Å². The van der Waals surface area contributed by atoms with Gasteiger partial charge in [-0.25, -0.2) is 4.39 Å². The van der Waals surface area contributed by atoms with Crippen molar-refractivity contribution in [3.8, 4) is 0 Å². The standard InChI is InChI=1S/C3H2Cl3F3O/c4-1(7)3(8,9)10-2(5)6/h1-2H. The van der Waals surface area contributed by atoms with Crippen molar-refractivity contribution in [1.29, 1.82) is 0 Å².